The maximum absolute atomic E-state index is 14.3. The highest BCUT2D eigenvalue weighted by atomic mass is 19.1. The second-order valence-corrected chi connectivity index (χ2v) is 5.37. The van der Waals surface area contributed by atoms with Crippen LogP contribution in [0.3, 0.4) is 0 Å². The summed E-state index contributed by atoms with van der Waals surface area (Å²) in [5.41, 5.74) is 3.23. The fraction of sp³-hybridized carbons (Fsp3) is 0.158. The number of benzene rings is 2. The lowest BCUT2D eigenvalue weighted by Crippen LogP contribution is -2.05. The van der Waals surface area contributed by atoms with Crippen LogP contribution in [0.2, 0.25) is 0 Å². The summed E-state index contributed by atoms with van der Waals surface area (Å²) < 4.78 is 19.3. The number of anilines is 2. The van der Waals surface area contributed by atoms with E-state index in [4.69, 9.17) is 4.74 Å². The van der Waals surface area contributed by atoms with Crippen LogP contribution in [0.1, 0.15) is 22.8 Å². The number of fused-ring (bicyclic) bond motifs is 1. The minimum Gasteiger partial charge on any atom is -0.462 e. The number of nitrogens with one attached hydrogen (secondary N) is 1. The summed E-state index contributed by atoms with van der Waals surface area (Å²) in [6.45, 7) is 3.96. The lowest BCUT2D eigenvalue weighted by Gasteiger charge is -2.12. The maximum atomic E-state index is 14.3. The van der Waals surface area contributed by atoms with Gasteiger partial charge in [-0.15, -0.1) is 0 Å². The number of hydrogen-bond acceptors (Lipinski definition) is 4. The number of esters is 1. The molecule has 1 heterocycles. The second kappa shape index (κ2) is 6.66. The van der Waals surface area contributed by atoms with Gasteiger partial charge in [0.25, 0.3) is 0 Å². The highest BCUT2D eigenvalue weighted by Crippen LogP contribution is 2.29. The highest BCUT2D eigenvalue weighted by Gasteiger charge is 2.11. The van der Waals surface area contributed by atoms with E-state index in [1.807, 2.05) is 13.0 Å². The fourth-order valence-corrected chi connectivity index (χ4v) is 2.56. The molecule has 2 aromatic carbocycles. The number of nitrogens with zero attached hydrogens (tertiary/aromatic N) is 1. The van der Waals surface area contributed by atoms with Crippen molar-refractivity contribution in [2.24, 2.45) is 0 Å². The molecule has 0 bridgehead atoms. The third-order valence-electron chi connectivity index (χ3n) is 3.70. The Bertz CT molecular complexity index is 909. The van der Waals surface area contributed by atoms with Crippen molar-refractivity contribution in [1.82, 2.24) is 4.98 Å². The van der Waals surface area contributed by atoms with Crippen LogP contribution in [0.15, 0.2) is 48.7 Å². The lowest BCUT2D eigenvalue weighted by atomic mass is 10.1. The molecular weight excluding hydrogens is 307 g/mol. The molecule has 1 N–H and O–H groups in total. The number of halogens is 1. The molecule has 0 unspecified atom stereocenters. The Balaban J connectivity index is 2.01. The van der Waals surface area contributed by atoms with Crippen LogP contribution in [-0.2, 0) is 4.74 Å². The molecule has 0 aliphatic carbocycles. The van der Waals surface area contributed by atoms with Crippen molar-refractivity contribution in [3.8, 4) is 0 Å². The van der Waals surface area contributed by atoms with Crippen molar-refractivity contribution >= 4 is 28.2 Å². The molecule has 0 spiro atoms. The number of pyridine rings is 1. The Morgan fingerprint density at radius 3 is 2.88 bits per heavy atom. The van der Waals surface area contributed by atoms with Crippen molar-refractivity contribution in [3.05, 3.63) is 65.6 Å². The van der Waals surface area contributed by atoms with Crippen molar-refractivity contribution in [2.45, 2.75) is 13.8 Å². The van der Waals surface area contributed by atoms with Crippen LogP contribution >= 0.6 is 0 Å². The number of hydrogen-bond donors (Lipinski definition) is 1. The average molecular weight is 324 g/mol. The van der Waals surface area contributed by atoms with Gasteiger partial charge in [0.15, 0.2) is 0 Å². The predicted molar refractivity (Wildman–Crippen MR) is 92.1 cm³/mol. The molecule has 1 aromatic heterocycles. The number of aryl methyl sites for hydroxylation is 1. The molecule has 5 heteroatoms. The van der Waals surface area contributed by atoms with Gasteiger partial charge in [0.2, 0.25) is 0 Å². The van der Waals surface area contributed by atoms with Gasteiger partial charge in [0.1, 0.15) is 5.82 Å². The molecule has 3 aromatic rings. The number of carbonyl (C=O) groups excluding carboxylic acids is 1. The van der Waals surface area contributed by atoms with Crippen molar-refractivity contribution < 1.29 is 13.9 Å². The number of rotatable bonds is 4. The molecule has 0 saturated heterocycles. The smallest absolute Gasteiger partial charge is 0.338 e. The molecule has 0 aliphatic heterocycles. The Morgan fingerprint density at radius 2 is 2.08 bits per heavy atom. The normalized spacial score (nSPS) is 10.6. The van der Waals surface area contributed by atoms with E-state index in [1.165, 1.54) is 6.07 Å². The van der Waals surface area contributed by atoms with E-state index >= 15 is 0 Å². The minimum atomic E-state index is -0.386. The first-order chi connectivity index (χ1) is 11.6. The maximum Gasteiger partial charge on any atom is 0.338 e. The summed E-state index contributed by atoms with van der Waals surface area (Å²) in [6.07, 6.45) is 1.63. The first-order valence-electron chi connectivity index (χ1n) is 7.68. The van der Waals surface area contributed by atoms with Crippen LogP contribution in [0.5, 0.6) is 0 Å². The largest absolute Gasteiger partial charge is 0.462 e. The molecule has 0 saturated carbocycles. The molecular formula is C19H17FN2O2. The molecule has 0 radical (unpaired) electrons. The monoisotopic (exact) mass is 324 g/mol. The average Bonchev–Trinajstić information content (AvgIpc) is 2.59. The summed E-state index contributed by atoms with van der Waals surface area (Å²) in [6, 6.07) is 11.8. The Morgan fingerprint density at radius 1 is 1.25 bits per heavy atom. The molecule has 0 fully saturated rings. The van der Waals surface area contributed by atoms with Crippen LogP contribution in [-0.4, -0.2) is 17.6 Å². The lowest BCUT2D eigenvalue weighted by molar-refractivity contribution is 0.0526. The third kappa shape index (κ3) is 3.06. The van der Waals surface area contributed by atoms with Gasteiger partial charge in [0, 0.05) is 11.9 Å². The first kappa shape index (κ1) is 15.9. The Hall–Kier alpha value is -2.95. The van der Waals surface area contributed by atoms with E-state index in [9.17, 15) is 9.18 Å². The molecule has 0 atom stereocenters. The SMILES string of the molecule is CCOC(=O)c1cccc(Nc2ccnc3c(C)ccc(F)c23)c1. The number of ether oxygens (including phenoxy) is 1. The zero-order chi connectivity index (χ0) is 17.1. The Labute approximate surface area is 139 Å². The van der Waals surface area contributed by atoms with Gasteiger partial charge in [-0.05, 0) is 49.7 Å². The van der Waals surface area contributed by atoms with Gasteiger partial charge in [-0.25, -0.2) is 9.18 Å². The third-order valence-corrected chi connectivity index (χ3v) is 3.70. The second-order valence-electron chi connectivity index (χ2n) is 5.37. The van der Waals surface area contributed by atoms with Crippen molar-refractivity contribution in [1.29, 1.82) is 0 Å². The standard InChI is InChI=1S/C19H17FN2O2/c1-3-24-19(23)13-5-4-6-14(11-13)22-16-9-10-21-18-12(2)7-8-15(20)17(16)18/h4-11H,3H2,1-2H3,(H,21,22). The van der Waals surface area contributed by atoms with Crippen LogP contribution in [0.4, 0.5) is 15.8 Å². The van der Waals surface area contributed by atoms with E-state index in [0.717, 1.165) is 5.56 Å². The zero-order valence-corrected chi connectivity index (χ0v) is 13.5. The fourth-order valence-electron chi connectivity index (χ4n) is 2.56. The summed E-state index contributed by atoms with van der Waals surface area (Å²) in [7, 11) is 0. The van der Waals surface area contributed by atoms with Gasteiger partial charge < -0.3 is 10.1 Å². The predicted octanol–water partition coefficient (Wildman–Crippen LogP) is 4.60. The first-order valence-corrected chi connectivity index (χ1v) is 7.68. The highest BCUT2D eigenvalue weighted by molar-refractivity contribution is 5.96. The van der Waals surface area contributed by atoms with E-state index in [1.54, 1.807) is 43.5 Å². The molecule has 4 nitrogen and oxygen atoms in total. The summed E-state index contributed by atoms with van der Waals surface area (Å²) in [5, 5.41) is 3.59. The van der Waals surface area contributed by atoms with Gasteiger partial charge in [-0.2, -0.15) is 0 Å². The Kier molecular flexibility index (Phi) is 4.42. The van der Waals surface area contributed by atoms with Gasteiger partial charge in [-0.1, -0.05) is 12.1 Å². The molecule has 24 heavy (non-hydrogen) atoms. The van der Waals surface area contributed by atoms with Crippen molar-refractivity contribution in [2.75, 3.05) is 11.9 Å². The zero-order valence-electron chi connectivity index (χ0n) is 13.5. The minimum absolute atomic E-state index is 0.315. The number of aromatic nitrogens is 1. The van der Waals surface area contributed by atoms with Gasteiger partial charge in [-0.3, -0.25) is 4.98 Å². The van der Waals surface area contributed by atoms with E-state index in [-0.39, 0.29) is 11.8 Å². The van der Waals surface area contributed by atoms with Crippen LogP contribution in [0.25, 0.3) is 10.9 Å². The topological polar surface area (TPSA) is 51.2 Å². The molecule has 3 rings (SSSR count). The summed E-state index contributed by atoms with van der Waals surface area (Å²) in [4.78, 5) is 16.1. The summed E-state index contributed by atoms with van der Waals surface area (Å²) in [5.74, 6) is -0.726. The number of carbonyl (C=O) groups is 1. The quantitative estimate of drug-likeness (QED) is 0.712. The van der Waals surface area contributed by atoms with E-state index < -0.39 is 0 Å². The van der Waals surface area contributed by atoms with E-state index in [2.05, 4.69) is 10.3 Å². The van der Waals surface area contributed by atoms with Gasteiger partial charge in [0.05, 0.1) is 28.8 Å². The molecule has 0 amide bonds. The summed E-state index contributed by atoms with van der Waals surface area (Å²) >= 11 is 0. The van der Waals surface area contributed by atoms with Crippen LogP contribution in [0, 0.1) is 12.7 Å². The van der Waals surface area contributed by atoms with Crippen LogP contribution < -0.4 is 5.32 Å². The molecule has 122 valence electrons. The van der Waals surface area contributed by atoms with Gasteiger partial charge >= 0.3 is 5.97 Å². The van der Waals surface area contributed by atoms with Crippen molar-refractivity contribution in [3.63, 3.8) is 0 Å². The van der Waals surface area contributed by atoms with E-state index in [0.29, 0.717) is 34.4 Å². The molecule has 0 aliphatic rings.